The Hall–Kier alpha value is -1.45. The lowest BCUT2D eigenvalue weighted by Gasteiger charge is -2.05. The zero-order valence-corrected chi connectivity index (χ0v) is 11.7. The minimum atomic E-state index is 0. The summed E-state index contributed by atoms with van der Waals surface area (Å²) in [5, 5.41) is 0. The Morgan fingerprint density at radius 3 is 2.39 bits per heavy atom. The monoisotopic (exact) mass is 278 g/mol. The average molecular weight is 279 g/mol. The molecule has 0 aliphatic heterocycles. The van der Waals surface area contributed by atoms with Gasteiger partial charge >= 0.3 is 0 Å². The second-order valence-electron chi connectivity index (χ2n) is 4.07. The third kappa shape index (κ3) is 3.52. The first-order valence-corrected chi connectivity index (χ1v) is 5.91. The highest BCUT2D eigenvalue weighted by molar-refractivity contribution is 7.80. The van der Waals surface area contributed by atoms with Crippen LogP contribution in [0.15, 0.2) is 48.8 Å². The molecular formula is C14H15ClN2S. The van der Waals surface area contributed by atoms with Crippen molar-refractivity contribution in [1.29, 1.82) is 0 Å². The van der Waals surface area contributed by atoms with E-state index in [-0.39, 0.29) is 12.4 Å². The molecule has 2 rings (SSSR count). The summed E-state index contributed by atoms with van der Waals surface area (Å²) in [6.45, 7) is 2.86. The molecule has 18 heavy (non-hydrogen) atoms. The van der Waals surface area contributed by atoms with Gasteiger partial charge in [-0.1, -0.05) is 36.5 Å². The van der Waals surface area contributed by atoms with Crippen molar-refractivity contribution in [3.63, 3.8) is 0 Å². The molecule has 0 saturated heterocycles. The Kier molecular flexibility index (Phi) is 5.25. The Morgan fingerprint density at radius 1 is 1.17 bits per heavy atom. The maximum atomic E-state index is 5.71. The van der Waals surface area contributed by atoms with E-state index in [1.165, 1.54) is 5.56 Å². The molecule has 0 radical (unpaired) electrons. The molecule has 0 atom stereocenters. The smallest absolute Gasteiger partial charge is 0.174 e. The van der Waals surface area contributed by atoms with Gasteiger partial charge in [-0.25, -0.2) is 4.57 Å². The van der Waals surface area contributed by atoms with Crippen LogP contribution < -0.4 is 22.7 Å². The number of aromatic nitrogens is 1. The zero-order valence-electron chi connectivity index (χ0n) is 10.1. The van der Waals surface area contributed by atoms with E-state index in [9.17, 15) is 0 Å². The molecule has 0 aliphatic carbocycles. The van der Waals surface area contributed by atoms with E-state index in [2.05, 4.69) is 42.1 Å². The third-order valence-electron chi connectivity index (χ3n) is 2.69. The highest BCUT2D eigenvalue weighted by atomic mass is 35.5. The summed E-state index contributed by atoms with van der Waals surface area (Å²) in [6, 6.07) is 12.2. The molecule has 0 bridgehead atoms. The molecule has 1 heterocycles. The van der Waals surface area contributed by atoms with E-state index in [4.69, 9.17) is 18.0 Å². The molecule has 1 aromatic heterocycles. The summed E-state index contributed by atoms with van der Waals surface area (Å²) in [4.78, 5) is 0.452. The van der Waals surface area contributed by atoms with E-state index in [0.29, 0.717) is 4.99 Å². The van der Waals surface area contributed by atoms with Gasteiger partial charge < -0.3 is 18.1 Å². The molecule has 0 spiro atoms. The molecule has 2 aromatic rings. The van der Waals surface area contributed by atoms with Gasteiger partial charge in [0.05, 0.1) is 0 Å². The number of aryl methyl sites for hydroxylation is 1. The third-order valence-corrected chi connectivity index (χ3v) is 2.91. The van der Waals surface area contributed by atoms with Gasteiger partial charge in [-0.2, -0.15) is 0 Å². The largest absolute Gasteiger partial charge is 1.00 e. The summed E-state index contributed by atoms with van der Waals surface area (Å²) in [7, 11) is 0. The van der Waals surface area contributed by atoms with Crippen molar-refractivity contribution in [2.75, 3.05) is 0 Å². The lowest BCUT2D eigenvalue weighted by molar-refractivity contribution is -0.688. The number of pyridine rings is 1. The summed E-state index contributed by atoms with van der Waals surface area (Å²) in [6.07, 6.45) is 4.12. The molecule has 0 saturated carbocycles. The Bertz CT molecular complexity index is 538. The van der Waals surface area contributed by atoms with E-state index >= 15 is 0 Å². The average Bonchev–Trinajstić information content (AvgIpc) is 2.32. The van der Waals surface area contributed by atoms with Gasteiger partial charge in [-0.05, 0) is 12.5 Å². The number of nitrogens with two attached hydrogens (primary N) is 1. The van der Waals surface area contributed by atoms with Crippen molar-refractivity contribution >= 4 is 17.2 Å². The molecule has 2 N–H and O–H groups in total. The fraction of sp³-hybridized carbons (Fsp3) is 0.143. The van der Waals surface area contributed by atoms with Crippen molar-refractivity contribution in [2.45, 2.75) is 13.5 Å². The first-order valence-electron chi connectivity index (χ1n) is 5.50. The number of halogens is 1. The topological polar surface area (TPSA) is 29.9 Å². The van der Waals surface area contributed by atoms with Crippen LogP contribution in [0.25, 0.3) is 0 Å². The number of rotatable bonds is 3. The Labute approximate surface area is 119 Å². The van der Waals surface area contributed by atoms with Gasteiger partial charge in [0.1, 0.15) is 4.99 Å². The van der Waals surface area contributed by atoms with Crippen LogP contribution in [0, 0.1) is 6.92 Å². The van der Waals surface area contributed by atoms with E-state index < -0.39 is 0 Å². The van der Waals surface area contributed by atoms with Gasteiger partial charge in [-0.15, -0.1) is 0 Å². The fourth-order valence-corrected chi connectivity index (χ4v) is 1.93. The summed E-state index contributed by atoms with van der Waals surface area (Å²) >= 11 is 5.06. The molecule has 2 nitrogen and oxygen atoms in total. The molecular weight excluding hydrogens is 264 g/mol. The number of nitrogens with zero attached hydrogens (tertiary/aromatic N) is 1. The summed E-state index contributed by atoms with van der Waals surface area (Å²) in [5.74, 6) is 0. The van der Waals surface area contributed by atoms with Crippen molar-refractivity contribution < 1.29 is 17.0 Å². The van der Waals surface area contributed by atoms with Gasteiger partial charge in [0.2, 0.25) is 0 Å². The molecule has 4 heteroatoms. The number of hydrogen-bond acceptors (Lipinski definition) is 1. The molecule has 0 aliphatic rings. The minimum Gasteiger partial charge on any atom is -1.00 e. The van der Waals surface area contributed by atoms with Gasteiger partial charge in [0.15, 0.2) is 18.9 Å². The first kappa shape index (κ1) is 14.6. The number of thiocarbonyl (C=S) groups is 1. The lowest BCUT2D eigenvalue weighted by atomic mass is 10.1. The van der Waals surface area contributed by atoms with Crippen LogP contribution in [0.1, 0.15) is 16.7 Å². The van der Waals surface area contributed by atoms with Crippen LogP contribution in [-0.2, 0) is 6.54 Å². The van der Waals surface area contributed by atoms with Crippen molar-refractivity contribution in [2.24, 2.45) is 5.73 Å². The Morgan fingerprint density at radius 2 is 1.78 bits per heavy atom. The van der Waals surface area contributed by atoms with Crippen LogP contribution in [-0.4, -0.2) is 4.99 Å². The van der Waals surface area contributed by atoms with E-state index in [1.54, 1.807) is 0 Å². The van der Waals surface area contributed by atoms with Gasteiger partial charge in [-0.3, -0.25) is 0 Å². The zero-order chi connectivity index (χ0) is 12.3. The second kappa shape index (κ2) is 6.47. The van der Waals surface area contributed by atoms with Crippen molar-refractivity contribution in [3.8, 4) is 0 Å². The van der Waals surface area contributed by atoms with Crippen LogP contribution in [0.2, 0.25) is 0 Å². The predicted octanol–water partition coefficient (Wildman–Crippen LogP) is -1.03. The highest BCUT2D eigenvalue weighted by Gasteiger charge is 2.08. The van der Waals surface area contributed by atoms with E-state index in [0.717, 1.165) is 17.7 Å². The SMILES string of the molecule is Cc1cc[n+](Cc2ccccc2C(N)=S)cc1.[Cl-]. The van der Waals surface area contributed by atoms with E-state index in [1.807, 2.05) is 18.2 Å². The van der Waals surface area contributed by atoms with Crippen LogP contribution >= 0.6 is 12.2 Å². The molecule has 0 fully saturated rings. The normalized spacial score (nSPS) is 9.61. The van der Waals surface area contributed by atoms with Crippen molar-refractivity contribution in [3.05, 3.63) is 65.5 Å². The Balaban J connectivity index is 0.00000162. The van der Waals surface area contributed by atoms with Crippen LogP contribution in [0.4, 0.5) is 0 Å². The summed E-state index contributed by atoms with van der Waals surface area (Å²) < 4.78 is 2.12. The maximum absolute atomic E-state index is 5.71. The first-order chi connectivity index (χ1) is 8.16. The quantitative estimate of drug-likeness (QED) is 0.575. The predicted molar refractivity (Wildman–Crippen MR) is 72.8 cm³/mol. The standard InChI is InChI=1S/C14H14N2S.ClH/c1-11-6-8-16(9-7-11)10-12-4-2-3-5-13(12)14(15)17;/h2-9H,10H2,1H3,(H-,15,17);1H. The molecule has 1 aromatic carbocycles. The second-order valence-corrected chi connectivity index (χ2v) is 4.51. The molecule has 94 valence electrons. The molecule has 0 amide bonds. The van der Waals surface area contributed by atoms with Crippen molar-refractivity contribution in [1.82, 2.24) is 0 Å². The number of hydrogen-bond donors (Lipinski definition) is 1. The highest BCUT2D eigenvalue weighted by Crippen LogP contribution is 2.08. The minimum absolute atomic E-state index is 0. The summed E-state index contributed by atoms with van der Waals surface area (Å²) in [5.41, 5.74) is 9.07. The van der Waals surface area contributed by atoms with Crippen LogP contribution in [0.3, 0.4) is 0 Å². The van der Waals surface area contributed by atoms with Gasteiger partial charge in [0.25, 0.3) is 0 Å². The van der Waals surface area contributed by atoms with Crippen LogP contribution in [0.5, 0.6) is 0 Å². The fourth-order valence-electron chi connectivity index (χ4n) is 1.73. The lowest BCUT2D eigenvalue weighted by Crippen LogP contribution is -3.00. The molecule has 0 unspecified atom stereocenters. The maximum Gasteiger partial charge on any atom is 0.174 e. The van der Waals surface area contributed by atoms with Gasteiger partial charge in [0, 0.05) is 23.3 Å². The number of benzene rings is 1.